The first-order valence-electron chi connectivity index (χ1n) is 42.1. The molecule has 0 aromatic carbocycles. The van der Waals surface area contributed by atoms with Crippen LogP contribution in [0.4, 0.5) is 0 Å². The lowest BCUT2D eigenvalue weighted by Crippen LogP contribution is -2.40. The molecule has 9 heteroatoms. The molecule has 1 N–H and O–H groups in total. The zero-order valence-corrected chi connectivity index (χ0v) is 65.6. The summed E-state index contributed by atoms with van der Waals surface area (Å²) in [6.07, 6.45) is 110. The van der Waals surface area contributed by atoms with Gasteiger partial charge in [0.2, 0.25) is 0 Å². The third-order valence-electron chi connectivity index (χ3n) is 18.5. The Hall–Kier alpha value is -4.05. The van der Waals surface area contributed by atoms with Crippen LogP contribution in [-0.4, -0.2) is 87.4 Å². The quantitative estimate of drug-likeness (QED) is 0.0211. The van der Waals surface area contributed by atoms with E-state index in [2.05, 4.69) is 123 Å². The molecule has 9 nitrogen and oxygen atoms in total. The Morgan fingerprint density at radius 2 is 0.576 bits per heavy atom. The summed E-state index contributed by atoms with van der Waals surface area (Å²) in [5, 5.41) is 9.79. The smallest absolute Gasteiger partial charge is 0.361 e. The van der Waals surface area contributed by atoms with E-state index in [0.29, 0.717) is 17.4 Å². The summed E-state index contributed by atoms with van der Waals surface area (Å²) in [5.41, 5.74) is 0. The van der Waals surface area contributed by atoms with Gasteiger partial charge >= 0.3 is 17.9 Å². The van der Waals surface area contributed by atoms with Crippen molar-refractivity contribution in [3.63, 3.8) is 0 Å². The van der Waals surface area contributed by atoms with Crippen molar-refractivity contribution >= 4 is 17.9 Å². The highest BCUT2D eigenvalue weighted by atomic mass is 16.7. The summed E-state index contributed by atoms with van der Waals surface area (Å²) in [4.78, 5) is 37.8. The number of likely N-dealkylation sites (N-methyl/N-ethyl adjacent to an activating group) is 1. The van der Waals surface area contributed by atoms with Crippen LogP contribution in [0.3, 0.4) is 0 Å². The number of hydrogen-bond donors (Lipinski definition) is 1. The van der Waals surface area contributed by atoms with Gasteiger partial charge in [-0.3, -0.25) is 9.59 Å². The molecule has 0 radical (unpaired) electrons. The van der Waals surface area contributed by atoms with Gasteiger partial charge in [0, 0.05) is 12.8 Å². The highest BCUT2D eigenvalue weighted by Crippen LogP contribution is 2.19. The maximum atomic E-state index is 13.0. The zero-order chi connectivity index (χ0) is 71.8. The Balaban J connectivity index is 3.98. The third kappa shape index (κ3) is 81.1. The fourth-order valence-corrected chi connectivity index (χ4v) is 12.1. The van der Waals surface area contributed by atoms with E-state index in [1.54, 1.807) is 0 Å². The van der Waals surface area contributed by atoms with Gasteiger partial charge in [0.25, 0.3) is 6.29 Å². The van der Waals surface area contributed by atoms with Crippen LogP contribution in [0, 0.1) is 0 Å². The van der Waals surface area contributed by atoms with E-state index in [-0.39, 0.29) is 38.2 Å². The van der Waals surface area contributed by atoms with Crippen molar-refractivity contribution in [3.05, 3.63) is 109 Å². The molecule has 0 spiro atoms. The Labute approximate surface area is 613 Å². The van der Waals surface area contributed by atoms with Crippen molar-refractivity contribution in [2.24, 2.45) is 0 Å². The number of ether oxygens (including phenoxy) is 4. The second kappa shape index (κ2) is 79.6. The number of carbonyl (C=O) groups is 3. The van der Waals surface area contributed by atoms with Gasteiger partial charge in [-0.25, -0.2) is 4.79 Å². The molecule has 0 saturated carbocycles. The van der Waals surface area contributed by atoms with Crippen molar-refractivity contribution in [3.8, 4) is 0 Å². The molecule has 0 amide bonds. The lowest BCUT2D eigenvalue weighted by atomic mass is 10.0. The van der Waals surface area contributed by atoms with Crippen LogP contribution in [0.25, 0.3) is 0 Å². The van der Waals surface area contributed by atoms with E-state index in [9.17, 15) is 19.5 Å². The maximum Gasteiger partial charge on any atom is 0.361 e. The molecule has 0 aromatic heterocycles. The SMILES string of the molecule is CC/C=C\C/C=C\C/C=C\C/C=C\C/C=C\C/C=C\C/C=C\CCCCCCCCCCCCCCCCCCCC(=O)OC(COC(=O)CCCCCCCCCCCCCCCCCCCCCCCCC/C=C\C/C=C\CCCCCCC)COC(OCC[N+](C)(C)C)C(=O)O. The normalized spacial score (nSPS) is 13.2. The van der Waals surface area contributed by atoms with Crippen LogP contribution in [-0.2, 0) is 33.3 Å². The predicted octanol–water partition coefficient (Wildman–Crippen LogP) is 27.3. The summed E-state index contributed by atoms with van der Waals surface area (Å²) < 4.78 is 23.1. The minimum Gasteiger partial charge on any atom is -0.477 e. The molecule has 0 rings (SSSR count). The topological polar surface area (TPSA) is 108 Å². The van der Waals surface area contributed by atoms with Crippen molar-refractivity contribution in [1.82, 2.24) is 0 Å². The summed E-state index contributed by atoms with van der Waals surface area (Å²) in [6.45, 7) is 4.80. The molecule has 0 bridgehead atoms. The first-order valence-corrected chi connectivity index (χ1v) is 42.1. The Kier molecular flexibility index (Phi) is 76.4. The molecule has 0 aromatic rings. The Bertz CT molecular complexity index is 2000. The predicted molar refractivity (Wildman–Crippen MR) is 428 cm³/mol. The first kappa shape index (κ1) is 94.9. The van der Waals surface area contributed by atoms with E-state index in [4.69, 9.17) is 18.9 Å². The highest BCUT2D eigenvalue weighted by Gasteiger charge is 2.25. The summed E-state index contributed by atoms with van der Waals surface area (Å²) in [6, 6.07) is 0. The van der Waals surface area contributed by atoms with Gasteiger partial charge in [0.05, 0.1) is 34.4 Å². The highest BCUT2D eigenvalue weighted by molar-refractivity contribution is 5.71. The first-order chi connectivity index (χ1) is 48.6. The van der Waals surface area contributed by atoms with Gasteiger partial charge < -0.3 is 28.5 Å². The Morgan fingerprint density at radius 3 is 0.859 bits per heavy atom. The average molecular weight is 1380 g/mol. The lowest BCUT2D eigenvalue weighted by Gasteiger charge is -2.25. The molecule has 0 fully saturated rings. The zero-order valence-electron chi connectivity index (χ0n) is 65.6. The van der Waals surface area contributed by atoms with Crippen molar-refractivity contribution < 1.29 is 42.9 Å². The van der Waals surface area contributed by atoms with E-state index in [1.807, 2.05) is 21.1 Å². The number of aliphatic carboxylic acids is 1. The number of nitrogens with zero attached hydrogens (tertiary/aromatic N) is 1. The average Bonchev–Trinajstić information content (AvgIpc) is 1.14. The number of carboxylic acid groups (broad SMARTS) is 1. The van der Waals surface area contributed by atoms with Crippen LogP contribution in [0.5, 0.6) is 0 Å². The summed E-state index contributed by atoms with van der Waals surface area (Å²) >= 11 is 0. The molecule has 0 aliphatic carbocycles. The lowest BCUT2D eigenvalue weighted by molar-refractivity contribution is -0.870. The molecular weight excluding hydrogens is 1220 g/mol. The fraction of sp³-hybridized carbons (Fsp3) is 0.767. The number of unbranched alkanes of at least 4 members (excludes halogenated alkanes) is 45. The van der Waals surface area contributed by atoms with E-state index in [1.165, 1.54) is 270 Å². The van der Waals surface area contributed by atoms with Gasteiger partial charge in [-0.15, -0.1) is 0 Å². The number of esters is 2. The van der Waals surface area contributed by atoms with Crippen molar-refractivity contribution in [1.29, 1.82) is 0 Å². The molecule has 0 heterocycles. The number of allylic oxidation sites excluding steroid dienone is 18. The molecule has 0 aliphatic heterocycles. The minimum atomic E-state index is -1.51. The van der Waals surface area contributed by atoms with Crippen LogP contribution in [0.15, 0.2) is 109 Å². The van der Waals surface area contributed by atoms with Crippen LogP contribution < -0.4 is 0 Å². The maximum absolute atomic E-state index is 13.0. The molecular formula is C90H160NO8+. The number of quaternary nitrogens is 1. The number of rotatable bonds is 78. The third-order valence-corrected chi connectivity index (χ3v) is 18.5. The van der Waals surface area contributed by atoms with E-state index < -0.39 is 18.4 Å². The van der Waals surface area contributed by atoms with E-state index in [0.717, 1.165) is 89.9 Å². The molecule has 99 heavy (non-hydrogen) atoms. The summed E-state index contributed by atoms with van der Waals surface area (Å²) in [5.74, 6) is -1.98. The molecule has 0 saturated heterocycles. The number of carbonyl (C=O) groups excluding carboxylic acids is 2. The van der Waals surface area contributed by atoms with Gasteiger partial charge in [-0.05, 0) is 103 Å². The molecule has 572 valence electrons. The minimum absolute atomic E-state index is 0.180. The Morgan fingerprint density at radius 1 is 0.313 bits per heavy atom. The van der Waals surface area contributed by atoms with Crippen LogP contribution in [0.2, 0.25) is 0 Å². The van der Waals surface area contributed by atoms with Crippen molar-refractivity contribution in [2.45, 2.75) is 399 Å². The standard InChI is InChI=1S/C90H159NO8/c1-6-8-10-12-14-16-18-20-22-24-26-28-30-32-34-36-38-40-42-43-44-45-47-49-51-53-55-57-59-61-63-65-67-69-71-73-75-77-79-81-88(93)99-86(85-98-90(89(94)95)96-83-82-91(3,4)5)84-97-87(92)80-78-76-74-72-70-68-66-64-62-60-58-56-54-52-50-48-46-41-39-37-35-33-31-29-27-25-23-21-19-17-15-13-11-9-7-2/h8,10,14,16,19-22,25-28,32,34,38,40,43-44,86,90H,6-7,9,11-13,15,17-18,23-24,29-31,33,35-37,39,41-42,45-85H2,1-5H3/p+1/b10-8-,16-14-,21-19-,22-20-,27-25-,28-26-,34-32-,40-38-,44-43-. The van der Waals surface area contributed by atoms with Gasteiger partial charge in [0.15, 0.2) is 6.10 Å². The molecule has 2 atom stereocenters. The second-order valence-corrected chi connectivity index (χ2v) is 29.4. The van der Waals surface area contributed by atoms with E-state index >= 15 is 0 Å². The van der Waals surface area contributed by atoms with Gasteiger partial charge in [-0.1, -0.05) is 380 Å². The number of carboxylic acids is 1. The van der Waals surface area contributed by atoms with Gasteiger partial charge in [-0.2, -0.15) is 0 Å². The van der Waals surface area contributed by atoms with Crippen LogP contribution >= 0.6 is 0 Å². The fourth-order valence-electron chi connectivity index (χ4n) is 12.1. The van der Waals surface area contributed by atoms with Crippen molar-refractivity contribution in [2.75, 3.05) is 47.5 Å². The number of hydrogen-bond acceptors (Lipinski definition) is 7. The largest absolute Gasteiger partial charge is 0.477 e. The van der Waals surface area contributed by atoms with Crippen LogP contribution in [0.1, 0.15) is 386 Å². The monoisotopic (exact) mass is 1380 g/mol. The molecule has 0 aliphatic rings. The second-order valence-electron chi connectivity index (χ2n) is 29.4. The van der Waals surface area contributed by atoms with Gasteiger partial charge in [0.1, 0.15) is 13.2 Å². The molecule has 2 unspecified atom stereocenters. The summed E-state index contributed by atoms with van der Waals surface area (Å²) in [7, 11) is 5.99.